The van der Waals surface area contributed by atoms with Gasteiger partial charge in [0.15, 0.2) is 0 Å². The number of hydrogen-bond donors (Lipinski definition) is 1. The lowest BCUT2D eigenvalue weighted by Gasteiger charge is -2.27. The van der Waals surface area contributed by atoms with Crippen LogP contribution in [0.4, 0.5) is 8.78 Å². The molecule has 0 fully saturated rings. The quantitative estimate of drug-likeness (QED) is 0.862. The van der Waals surface area contributed by atoms with Crippen LogP contribution in [0.25, 0.3) is 0 Å². The Hall–Kier alpha value is -1.16. The van der Waals surface area contributed by atoms with Gasteiger partial charge in [-0.2, -0.15) is 8.78 Å². The van der Waals surface area contributed by atoms with Gasteiger partial charge >= 0.3 is 6.61 Å². The van der Waals surface area contributed by atoms with Crippen molar-refractivity contribution in [1.82, 2.24) is 0 Å². The van der Waals surface area contributed by atoms with E-state index in [1.54, 1.807) is 12.1 Å². The third kappa shape index (κ3) is 3.45. The third-order valence-electron chi connectivity index (χ3n) is 2.40. The van der Waals surface area contributed by atoms with E-state index in [-0.39, 0.29) is 17.2 Å². The van der Waals surface area contributed by atoms with Crippen molar-refractivity contribution >= 4 is 0 Å². The molecule has 0 heterocycles. The zero-order valence-corrected chi connectivity index (χ0v) is 9.71. The summed E-state index contributed by atoms with van der Waals surface area (Å²) in [4.78, 5) is 0. The van der Waals surface area contributed by atoms with Crippen LogP contribution >= 0.6 is 0 Å². The molecule has 0 aromatic heterocycles. The summed E-state index contributed by atoms with van der Waals surface area (Å²) in [5.74, 6) is 0.153. The van der Waals surface area contributed by atoms with Gasteiger partial charge in [0.2, 0.25) is 0 Å². The van der Waals surface area contributed by atoms with E-state index >= 15 is 0 Å². The fourth-order valence-corrected chi connectivity index (χ4v) is 1.36. The molecule has 0 saturated heterocycles. The minimum Gasteiger partial charge on any atom is -0.435 e. The van der Waals surface area contributed by atoms with Crippen LogP contribution < -0.4 is 10.5 Å². The normalized spacial score (nSPS) is 13.9. The first-order valence-electron chi connectivity index (χ1n) is 5.11. The fraction of sp³-hybridized carbons (Fsp3) is 0.500. The Morgan fingerprint density at radius 3 is 2.00 bits per heavy atom. The molecule has 1 unspecified atom stereocenters. The summed E-state index contributed by atoms with van der Waals surface area (Å²) in [7, 11) is 0. The summed E-state index contributed by atoms with van der Waals surface area (Å²) in [6, 6.07) is 6.31. The number of hydrogen-bond acceptors (Lipinski definition) is 2. The van der Waals surface area contributed by atoms with E-state index in [4.69, 9.17) is 5.73 Å². The summed E-state index contributed by atoms with van der Waals surface area (Å²) >= 11 is 0. The monoisotopic (exact) mass is 229 g/mol. The third-order valence-corrected chi connectivity index (χ3v) is 2.40. The Morgan fingerprint density at radius 2 is 1.62 bits per heavy atom. The predicted molar refractivity (Wildman–Crippen MR) is 59.5 cm³/mol. The molecule has 0 aliphatic rings. The molecule has 16 heavy (non-hydrogen) atoms. The molecular weight excluding hydrogens is 212 g/mol. The minimum atomic E-state index is -2.79. The molecule has 0 saturated carbocycles. The highest BCUT2D eigenvalue weighted by atomic mass is 19.3. The molecule has 1 rings (SSSR count). The van der Waals surface area contributed by atoms with Gasteiger partial charge in [-0.15, -0.1) is 0 Å². The molecule has 0 aliphatic heterocycles. The highest BCUT2D eigenvalue weighted by Gasteiger charge is 2.22. The van der Waals surface area contributed by atoms with Gasteiger partial charge in [-0.3, -0.25) is 0 Å². The van der Waals surface area contributed by atoms with Gasteiger partial charge in [0, 0.05) is 6.04 Å². The van der Waals surface area contributed by atoms with Crippen LogP contribution in [0, 0.1) is 5.41 Å². The zero-order valence-electron chi connectivity index (χ0n) is 9.71. The van der Waals surface area contributed by atoms with Crippen LogP contribution in [0.5, 0.6) is 5.75 Å². The Bertz CT molecular complexity index is 330. The largest absolute Gasteiger partial charge is 0.435 e. The van der Waals surface area contributed by atoms with E-state index in [2.05, 4.69) is 4.74 Å². The maximum Gasteiger partial charge on any atom is 0.387 e. The molecule has 90 valence electrons. The summed E-state index contributed by atoms with van der Waals surface area (Å²) < 4.78 is 28.1. The summed E-state index contributed by atoms with van der Waals surface area (Å²) in [6.07, 6.45) is 0. The molecule has 1 aromatic rings. The van der Waals surface area contributed by atoms with Crippen molar-refractivity contribution in [3.05, 3.63) is 29.8 Å². The van der Waals surface area contributed by atoms with E-state index in [9.17, 15) is 8.78 Å². The number of nitrogens with two attached hydrogens (primary N) is 1. The summed E-state index contributed by atoms with van der Waals surface area (Å²) in [5.41, 5.74) is 6.88. The molecule has 0 amide bonds. The van der Waals surface area contributed by atoms with Crippen LogP contribution in [0.2, 0.25) is 0 Å². The van der Waals surface area contributed by atoms with Crippen molar-refractivity contribution in [1.29, 1.82) is 0 Å². The number of rotatable bonds is 3. The zero-order chi connectivity index (χ0) is 12.3. The second-order valence-electron chi connectivity index (χ2n) is 4.79. The number of ether oxygens (including phenoxy) is 1. The Morgan fingerprint density at radius 1 is 1.12 bits per heavy atom. The highest BCUT2D eigenvalue weighted by molar-refractivity contribution is 5.29. The number of halogens is 2. The van der Waals surface area contributed by atoms with Gasteiger partial charge in [0.05, 0.1) is 0 Å². The van der Waals surface area contributed by atoms with E-state index in [0.717, 1.165) is 5.56 Å². The van der Waals surface area contributed by atoms with Gasteiger partial charge in [-0.1, -0.05) is 32.9 Å². The van der Waals surface area contributed by atoms with Crippen LogP contribution in [-0.2, 0) is 0 Å². The standard InChI is InChI=1S/C12H17F2NO/c1-12(2,3)10(15)8-4-6-9(7-5-8)16-11(13)14/h4-7,10-11H,15H2,1-3H3. The fourth-order valence-electron chi connectivity index (χ4n) is 1.36. The van der Waals surface area contributed by atoms with Crippen molar-refractivity contribution in [2.24, 2.45) is 11.1 Å². The molecule has 2 N–H and O–H groups in total. The first-order chi connectivity index (χ1) is 7.30. The van der Waals surface area contributed by atoms with Crippen LogP contribution in [0.15, 0.2) is 24.3 Å². The van der Waals surface area contributed by atoms with E-state index in [0.29, 0.717) is 0 Å². The number of alkyl halides is 2. The Labute approximate surface area is 94.4 Å². The topological polar surface area (TPSA) is 35.2 Å². The molecule has 4 heteroatoms. The average Bonchev–Trinajstić information content (AvgIpc) is 2.15. The maximum absolute atomic E-state index is 11.9. The van der Waals surface area contributed by atoms with Crippen LogP contribution in [-0.4, -0.2) is 6.61 Å². The minimum absolute atomic E-state index is 0.0644. The second-order valence-corrected chi connectivity index (χ2v) is 4.79. The molecule has 0 radical (unpaired) electrons. The van der Waals surface area contributed by atoms with Gasteiger partial charge < -0.3 is 10.5 Å². The molecule has 2 nitrogen and oxygen atoms in total. The van der Waals surface area contributed by atoms with Gasteiger partial charge in [0.25, 0.3) is 0 Å². The molecule has 0 bridgehead atoms. The SMILES string of the molecule is CC(C)(C)C(N)c1ccc(OC(F)F)cc1. The second kappa shape index (κ2) is 4.78. The van der Waals surface area contributed by atoms with Crippen molar-refractivity contribution in [2.45, 2.75) is 33.4 Å². The molecular formula is C12H17F2NO. The maximum atomic E-state index is 11.9. The lowest BCUT2D eigenvalue weighted by Crippen LogP contribution is -2.26. The highest BCUT2D eigenvalue weighted by Crippen LogP contribution is 2.31. The smallest absolute Gasteiger partial charge is 0.387 e. The van der Waals surface area contributed by atoms with Crippen LogP contribution in [0.3, 0.4) is 0 Å². The van der Waals surface area contributed by atoms with E-state index in [1.165, 1.54) is 12.1 Å². The van der Waals surface area contributed by atoms with Crippen molar-refractivity contribution in [3.8, 4) is 5.75 Å². The van der Waals surface area contributed by atoms with Crippen molar-refractivity contribution in [2.75, 3.05) is 0 Å². The molecule has 1 aromatic carbocycles. The Balaban J connectivity index is 2.79. The summed E-state index contributed by atoms with van der Waals surface area (Å²) in [6.45, 7) is 3.30. The van der Waals surface area contributed by atoms with Gasteiger partial charge in [0.1, 0.15) is 5.75 Å². The van der Waals surface area contributed by atoms with E-state index < -0.39 is 6.61 Å². The number of benzene rings is 1. The average molecular weight is 229 g/mol. The summed E-state index contributed by atoms with van der Waals surface area (Å²) in [5, 5.41) is 0. The molecule has 0 aliphatic carbocycles. The molecule has 1 atom stereocenters. The molecule has 0 spiro atoms. The Kier molecular flexibility index (Phi) is 3.86. The lowest BCUT2D eigenvalue weighted by atomic mass is 9.83. The first-order valence-corrected chi connectivity index (χ1v) is 5.11. The lowest BCUT2D eigenvalue weighted by molar-refractivity contribution is -0.0498. The van der Waals surface area contributed by atoms with Gasteiger partial charge in [-0.05, 0) is 23.1 Å². The van der Waals surface area contributed by atoms with Gasteiger partial charge in [-0.25, -0.2) is 0 Å². The predicted octanol–water partition coefficient (Wildman–Crippen LogP) is 3.33. The first kappa shape index (κ1) is 12.9. The van der Waals surface area contributed by atoms with E-state index in [1.807, 2.05) is 20.8 Å². The van der Waals surface area contributed by atoms with Crippen molar-refractivity contribution < 1.29 is 13.5 Å². The van der Waals surface area contributed by atoms with Crippen molar-refractivity contribution in [3.63, 3.8) is 0 Å². The van der Waals surface area contributed by atoms with Crippen LogP contribution in [0.1, 0.15) is 32.4 Å².